The average molecular weight is 254 g/mol. The van der Waals surface area contributed by atoms with Crippen LogP contribution in [0.5, 0.6) is 0 Å². The van der Waals surface area contributed by atoms with Gasteiger partial charge >= 0.3 is 0 Å². The van der Waals surface area contributed by atoms with Crippen molar-refractivity contribution in [3.8, 4) is 0 Å². The molecule has 6 heteroatoms. The first-order chi connectivity index (χ1) is 8.31. The van der Waals surface area contributed by atoms with Gasteiger partial charge in [-0.15, -0.1) is 16.7 Å². The lowest BCUT2D eigenvalue weighted by Gasteiger charge is -1.95. The highest BCUT2D eigenvalue weighted by Crippen LogP contribution is 2.03. The summed E-state index contributed by atoms with van der Waals surface area (Å²) in [6, 6.07) is 0. The predicted molar refractivity (Wildman–Crippen MR) is 66.1 cm³/mol. The Hall–Kier alpha value is -1.36. The topological polar surface area (TPSA) is 48.5 Å². The molecule has 0 aliphatic heterocycles. The minimum Gasteiger partial charge on any atom is -0.273 e. The van der Waals surface area contributed by atoms with Crippen LogP contribution in [-0.4, -0.2) is 30.7 Å². The highest BCUT2D eigenvalue weighted by molar-refractivity contribution is 6.17. The van der Waals surface area contributed by atoms with Crippen molar-refractivity contribution in [2.24, 2.45) is 0 Å². The molecule has 0 bridgehead atoms. The summed E-state index contributed by atoms with van der Waals surface area (Å²) in [6.45, 7) is 3.67. The van der Waals surface area contributed by atoms with Gasteiger partial charge in [0.25, 0.3) is 0 Å². The van der Waals surface area contributed by atoms with Gasteiger partial charge in [0.15, 0.2) is 0 Å². The van der Waals surface area contributed by atoms with Crippen molar-refractivity contribution >= 4 is 11.6 Å². The van der Waals surface area contributed by atoms with Crippen LogP contribution in [-0.2, 0) is 19.5 Å². The second kappa shape index (κ2) is 5.82. The molecule has 0 aromatic carbocycles. The fourth-order valence-corrected chi connectivity index (χ4v) is 1.76. The number of hydrogen-bond acceptors (Lipinski definition) is 3. The van der Waals surface area contributed by atoms with E-state index in [9.17, 15) is 0 Å². The third-order valence-corrected chi connectivity index (χ3v) is 2.78. The maximum atomic E-state index is 5.64. The molecule has 2 heterocycles. The summed E-state index contributed by atoms with van der Waals surface area (Å²) in [7, 11) is 0. The molecule has 0 atom stereocenters. The van der Waals surface area contributed by atoms with Gasteiger partial charge in [-0.25, -0.2) is 4.68 Å². The summed E-state index contributed by atoms with van der Waals surface area (Å²) in [5.74, 6) is 0.663. The van der Waals surface area contributed by atoms with Crippen LogP contribution >= 0.6 is 11.6 Å². The molecular formula is C11H16ClN5. The summed E-state index contributed by atoms with van der Waals surface area (Å²) in [5.41, 5.74) is 2.13. The van der Waals surface area contributed by atoms with Gasteiger partial charge in [-0.1, -0.05) is 5.21 Å². The van der Waals surface area contributed by atoms with E-state index in [4.69, 9.17) is 11.6 Å². The van der Waals surface area contributed by atoms with Crippen LogP contribution in [0.1, 0.15) is 24.6 Å². The summed E-state index contributed by atoms with van der Waals surface area (Å²) in [5, 5.41) is 12.4. The molecular weight excluding hydrogens is 238 g/mol. The molecule has 5 nitrogen and oxygen atoms in total. The zero-order valence-electron chi connectivity index (χ0n) is 9.88. The first-order valence-electron chi connectivity index (χ1n) is 5.78. The van der Waals surface area contributed by atoms with Crippen LogP contribution in [0.2, 0.25) is 0 Å². The maximum absolute atomic E-state index is 5.64. The molecule has 0 saturated carbocycles. The van der Waals surface area contributed by atoms with Crippen molar-refractivity contribution in [2.75, 3.05) is 5.88 Å². The first kappa shape index (κ1) is 12.1. The van der Waals surface area contributed by atoms with Crippen molar-refractivity contribution in [1.29, 1.82) is 0 Å². The highest BCUT2D eigenvalue weighted by atomic mass is 35.5. The summed E-state index contributed by atoms with van der Waals surface area (Å²) < 4.78 is 3.74. The Morgan fingerprint density at radius 3 is 2.88 bits per heavy atom. The van der Waals surface area contributed by atoms with Gasteiger partial charge in [0.05, 0.1) is 18.4 Å². The second-order valence-corrected chi connectivity index (χ2v) is 4.28. The third-order valence-electron chi connectivity index (χ3n) is 2.51. The van der Waals surface area contributed by atoms with Crippen LogP contribution < -0.4 is 0 Å². The second-order valence-electron chi connectivity index (χ2n) is 3.90. The average Bonchev–Trinajstić information content (AvgIpc) is 2.96. The van der Waals surface area contributed by atoms with Gasteiger partial charge in [0, 0.05) is 30.4 Å². The largest absolute Gasteiger partial charge is 0.273 e. The summed E-state index contributed by atoms with van der Waals surface area (Å²) in [6.07, 6.45) is 7.69. The van der Waals surface area contributed by atoms with E-state index < -0.39 is 0 Å². The predicted octanol–water partition coefficient (Wildman–Crippen LogP) is 1.71. The smallest absolute Gasteiger partial charge is 0.0827 e. The fourth-order valence-electron chi connectivity index (χ4n) is 1.63. The van der Waals surface area contributed by atoms with Gasteiger partial charge in [0.2, 0.25) is 0 Å². The molecule has 2 aromatic heterocycles. The van der Waals surface area contributed by atoms with E-state index in [-0.39, 0.29) is 0 Å². The van der Waals surface area contributed by atoms with E-state index >= 15 is 0 Å². The number of halogens is 1. The molecule has 0 N–H and O–H groups in total. The lowest BCUT2D eigenvalue weighted by atomic mass is 10.3. The van der Waals surface area contributed by atoms with Crippen molar-refractivity contribution in [3.05, 3.63) is 29.8 Å². The minimum absolute atomic E-state index is 0.663. The van der Waals surface area contributed by atoms with E-state index in [1.165, 1.54) is 0 Å². The van der Waals surface area contributed by atoms with Crippen LogP contribution in [0.25, 0.3) is 0 Å². The van der Waals surface area contributed by atoms with Gasteiger partial charge in [-0.3, -0.25) is 4.68 Å². The van der Waals surface area contributed by atoms with E-state index in [0.717, 1.165) is 30.6 Å². The zero-order valence-corrected chi connectivity index (χ0v) is 10.6. The molecule has 92 valence electrons. The third kappa shape index (κ3) is 3.30. The van der Waals surface area contributed by atoms with E-state index in [2.05, 4.69) is 22.3 Å². The molecule has 2 aromatic rings. The van der Waals surface area contributed by atoms with E-state index in [1.807, 2.05) is 28.0 Å². The zero-order chi connectivity index (χ0) is 12.1. The SMILES string of the molecule is CCn1cc(Cn2cc(CCCCl)nn2)cn1. The molecule has 0 unspecified atom stereocenters. The Kier molecular flexibility index (Phi) is 4.14. The Morgan fingerprint density at radius 1 is 1.29 bits per heavy atom. The number of aromatic nitrogens is 5. The Labute approximate surface area is 105 Å². The lowest BCUT2D eigenvalue weighted by Crippen LogP contribution is -1.99. The highest BCUT2D eigenvalue weighted by Gasteiger charge is 2.03. The standard InChI is InChI=1S/C11H16ClN5/c1-2-16-7-10(6-13-16)8-17-9-11(14-15-17)4-3-5-12/h6-7,9H,2-5,8H2,1H3. The molecule has 0 radical (unpaired) electrons. The maximum Gasteiger partial charge on any atom is 0.0827 e. The van der Waals surface area contributed by atoms with Crippen molar-refractivity contribution in [1.82, 2.24) is 24.8 Å². The number of aryl methyl sites for hydroxylation is 2. The van der Waals surface area contributed by atoms with Gasteiger partial charge < -0.3 is 0 Å². The van der Waals surface area contributed by atoms with Crippen molar-refractivity contribution < 1.29 is 0 Å². The van der Waals surface area contributed by atoms with Gasteiger partial charge in [-0.05, 0) is 19.8 Å². The Balaban J connectivity index is 1.96. The van der Waals surface area contributed by atoms with E-state index in [1.54, 1.807) is 0 Å². The van der Waals surface area contributed by atoms with Crippen molar-refractivity contribution in [3.63, 3.8) is 0 Å². The first-order valence-corrected chi connectivity index (χ1v) is 6.31. The van der Waals surface area contributed by atoms with Gasteiger partial charge in [-0.2, -0.15) is 5.10 Å². The monoisotopic (exact) mass is 253 g/mol. The summed E-state index contributed by atoms with van der Waals surface area (Å²) >= 11 is 5.64. The van der Waals surface area contributed by atoms with Crippen LogP contribution in [0, 0.1) is 0 Å². The fraction of sp³-hybridized carbons (Fsp3) is 0.545. The van der Waals surface area contributed by atoms with Gasteiger partial charge in [0.1, 0.15) is 0 Å². The molecule has 2 rings (SSSR count). The minimum atomic E-state index is 0.663. The number of rotatable bonds is 6. The Morgan fingerprint density at radius 2 is 2.18 bits per heavy atom. The number of nitrogens with zero attached hydrogens (tertiary/aromatic N) is 5. The van der Waals surface area contributed by atoms with E-state index in [0.29, 0.717) is 12.4 Å². The lowest BCUT2D eigenvalue weighted by molar-refractivity contribution is 0.641. The molecule has 0 aliphatic carbocycles. The molecule has 0 aliphatic rings. The van der Waals surface area contributed by atoms with Crippen LogP contribution in [0.15, 0.2) is 18.6 Å². The molecule has 0 fully saturated rings. The Bertz CT molecular complexity index is 462. The van der Waals surface area contributed by atoms with Crippen LogP contribution in [0.4, 0.5) is 0 Å². The number of alkyl halides is 1. The molecule has 17 heavy (non-hydrogen) atoms. The normalized spacial score (nSPS) is 10.9. The van der Waals surface area contributed by atoms with Crippen molar-refractivity contribution in [2.45, 2.75) is 32.9 Å². The quantitative estimate of drug-likeness (QED) is 0.737. The van der Waals surface area contributed by atoms with Crippen LogP contribution in [0.3, 0.4) is 0 Å². The molecule has 0 saturated heterocycles. The summed E-state index contributed by atoms with van der Waals surface area (Å²) in [4.78, 5) is 0. The molecule has 0 spiro atoms. The molecule has 0 amide bonds. The number of hydrogen-bond donors (Lipinski definition) is 0.